The Hall–Kier alpha value is -0.870. The molecule has 3 fully saturated rings. The van der Waals surface area contributed by atoms with E-state index in [4.69, 9.17) is 0 Å². The molecular weight excluding hydrogens is 288 g/mol. The first-order valence-electron chi connectivity index (χ1n) is 9.42. The average Bonchev–Trinajstić information content (AvgIpc) is 3.26. The molecule has 1 amide bonds. The Balaban J connectivity index is 1.78. The van der Waals surface area contributed by atoms with Crippen LogP contribution in [0.1, 0.15) is 57.8 Å². The van der Waals surface area contributed by atoms with E-state index in [2.05, 4.69) is 16.4 Å². The van der Waals surface area contributed by atoms with Crippen molar-refractivity contribution in [3.63, 3.8) is 0 Å². The van der Waals surface area contributed by atoms with Gasteiger partial charge in [0.25, 0.3) is 0 Å². The summed E-state index contributed by atoms with van der Waals surface area (Å²) in [5.41, 5.74) is -0.399. The Morgan fingerprint density at radius 1 is 1.04 bits per heavy atom. The molecule has 0 bridgehead atoms. The maximum absolute atomic E-state index is 13.5. The highest BCUT2D eigenvalue weighted by Gasteiger charge is 2.50. The van der Waals surface area contributed by atoms with Crippen molar-refractivity contribution in [1.29, 1.82) is 0 Å². The fourth-order valence-corrected chi connectivity index (χ4v) is 5.11. The minimum atomic E-state index is -0.233. The number of nitrogens with zero attached hydrogens (tertiary/aromatic N) is 2. The molecule has 2 aliphatic heterocycles. The Morgan fingerprint density at radius 3 is 2.35 bits per heavy atom. The number of aliphatic hydroxyl groups is 1. The van der Waals surface area contributed by atoms with Crippen molar-refractivity contribution in [3.8, 4) is 0 Å². The van der Waals surface area contributed by atoms with Crippen molar-refractivity contribution in [2.75, 3.05) is 32.8 Å². The first-order valence-corrected chi connectivity index (χ1v) is 9.42. The Morgan fingerprint density at radius 2 is 1.74 bits per heavy atom. The molecule has 1 aliphatic carbocycles. The Labute approximate surface area is 140 Å². The van der Waals surface area contributed by atoms with Gasteiger partial charge in [0, 0.05) is 18.5 Å². The van der Waals surface area contributed by atoms with Crippen LogP contribution in [0, 0.1) is 5.41 Å². The number of piperidine rings is 1. The van der Waals surface area contributed by atoms with E-state index in [1.165, 1.54) is 25.7 Å². The molecule has 0 aromatic heterocycles. The molecule has 0 radical (unpaired) electrons. The van der Waals surface area contributed by atoms with Crippen LogP contribution in [-0.2, 0) is 4.79 Å². The molecular formula is C19H32N2O2. The molecule has 4 heteroatoms. The predicted molar refractivity (Wildman–Crippen MR) is 92.2 cm³/mol. The largest absolute Gasteiger partial charge is 0.396 e. The number of carbonyl (C=O) groups is 1. The summed E-state index contributed by atoms with van der Waals surface area (Å²) >= 11 is 0. The molecule has 0 aromatic carbocycles. The minimum absolute atomic E-state index is 0.152. The summed E-state index contributed by atoms with van der Waals surface area (Å²) in [5.74, 6) is 0.346. The zero-order chi connectivity index (χ0) is 16.3. The highest BCUT2D eigenvalue weighted by Crippen LogP contribution is 2.41. The van der Waals surface area contributed by atoms with Crippen molar-refractivity contribution in [2.24, 2.45) is 5.41 Å². The van der Waals surface area contributed by atoms with Gasteiger partial charge in [-0.05, 0) is 58.0 Å². The van der Waals surface area contributed by atoms with E-state index >= 15 is 0 Å². The predicted octanol–water partition coefficient (Wildman–Crippen LogP) is 2.57. The van der Waals surface area contributed by atoms with Gasteiger partial charge in [-0.3, -0.25) is 9.69 Å². The number of rotatable bonds is 5. The van der Waals surface area contributed by atoms with Gasteiger partial charge in [0.05, 0.1) is 6.61 Å². The third-order valence-electron chi connectivity index (χ3n) is 6.40. The van der Waals surface area contributed by atoms with Gasteiger partial charge in [0.1, 0.15) is 5.54 Å². The molecule has 2 heterocycles. The van der Waals surface area contributed by atoms with Crippen molar-refractivity contribution in [2.45, 2.75) is 63.3 Å². The number of likely N-dealkylation sites (tertiary alicyclic amines) is 2. The van der Waals surface area contributed by atoms with Gasteiger partial charge >= 0.3 is 0 Å². The number of hydrogen-bond acceptors (Lipinski definition) is 3. The molecule has 130 valence electrons. The molecule has 23 heavy (non-hydrogen) atoms. The molecule has 1 atom stereocenters. The lowest BCUT2D eigenvalue weighted by molar-refractivity contribution is -0.148. The Kier molecular flexibility index (Phi) is 5.12. The van der Waals surface area contributed by atoms with Crippen molar-refractivity contribution in [1.82, 2.24) is 9.80 Å². The third kappa shape index (κ3) is 3.08. The zero-order valence-electron chi connectivity index (χ0n) is 14.4. The van der Waals surface area contributed by atoms with Gasteiger partial charge in [-0.1, -0.05) is 18.9 Å². The van der Waals surface area contributed by atoms with Crippen LogP contribution in [0.3, 0.4) is 0 Å². The Bertz CT molecular complexity index is 439. The average molecular weight is 320 g/mol. The highest BCUT2D eigenvalue weighted by molar-refractivity contribution is 5.87. The summed E-state index contributed by atoms with van der Waals surface area (Å²) in [6, 6.07) is 0. The van der Waals surface area contributed by atoms with E-state index in [0.29, 0.717) is 12.5 Å². The van der Waals surface area contributed by atoms with Gasteiger partial charge in [0.2, 0.25) is 5.91 Å². The number of amides is 1. The second kappa shape index (κ2) is 6.94. The summed E-state index contributed by atoms with van der Waals surface area (Å²) in [6.07, 6.45) is 11.5. The second-order valence-corrected chi connectivity index (χ2v) is 7.91. The van der Waals surface area contributed by atoms with Crippen LogP contribution < -0.4 is 0 Å². The third-order valence-corrected chi connectivity index (χ3v) is 6.40. The van der Waals surface area contributed by atoms with E-state index in [9.17, 15) is 9.90 Å². The van der Waals surface area contributed by atoms with E-state index in [1.807, 2.05) is 6.08 Å². The lowest BCUT2D eigenvalue weighted by Crippen LogP contribution is -2.60. The molecule has 0 spiro atoms. The maximum Gasteiger partial charge on any atom is 0.243 e. The molecule has 0 unspecified atom stereocenters. The van der Waals surface area contributed by atoms with Gasteiger partial charge in [-0.2, -0.15) is 0 Å². The topological polar surface area (TPSA) is 43.8 Å². The lowest BCUT2D eigenvalue weighted by atomic mass is 9.77. The summed E-state index contributed by atoms with van der Waals surface area (Å²) in [6.45, 7) is 7.72. The van der Waals surface area contributed by atoms with Crippen LogP contribution in [0.4, 0.5) is 0 Å². The first kappa shape index (κ1) is 17.0. The van der Waals surface area contributed by atoms with E-state index in [0.717, 1.165) is 51.7 Å². The summed E-state index contributed by atoms with van der Waals surface area (Å²) in [4.78, 5) is 18.0. The lowest BCUT2D eigenvalue weighted by Gasteiger charge is -2.46. The summed E-state index contributed by atoms with van der Waals surface area (Å²) in [5, 5.41) is 9.92. The summed E-state index contributed by atoms with van der Waals surface area (Å²) in [7, 11) is 0. The molecule has 3 aliphatic rings. The maximum atomic E-state index is 13.5. The van der Waals surface area contributed by atoms with Crippen LogP contribution in [0.5, 0.6) is 0 Å². The molecule has 1 N–H and O–H groups in total. The SMILES string of the molecule is C=CC[C@@]1(CO)CCCN(C(=O)C2(N3CCCC3)CCCC2)C1. The van der Waals surface area contributed by atoms with Crippen LogP contribution in [0.2, 0.25) is 0 Å². The first-order chi connectivity index (χ1) is 11.2. The fraction of sp³-hybridized carbons (Fsp3) is 0.842. The number of allylic oxidation sites excluding steroid dienone is 1. The molecule has 1 saturated carbocycles. The molecule has 4 nitrogen and oxygen atoms in total. The van der Waals surface area contributed by atoms with Gasteiger partial charge < -0.3 is 10.0 Å². The number of aliphatic hydroxyl groups excluding tert-OH is 1. The smallest absolute Gasteiger partial charge is 0.243 e. The fourth-order valence-electron chi connectivity index (χ4n) is 5.11. The summed E-state index contributed by atoms with van der Waals surface area (Å²) < 4.78 is 0. The van der Waals surface area contributed by atoms with Crippen LogP contribution in [-0.4, -0.2) is 59.1 Å². The monoisotopic (exact) mass is 320 g/mol. The highest BCUT2D eigenvalue weighted by atomic mass is 16.3. The minimum Gasteiger partial charge on any atom is -0.396 e. The molecule has 0 aromatic rings. The molecule has 2 saturated heterocycles. The number of hydrogen-bond donors (Lipinski definition) is 1. The van der Waals surface area contributed by atoms with Gasteiger partial charge in [0.15, 0.2) is 0 Å². The van der Waals surface area contributed by atoms with E-state index < -0.39 is 0 Å². The second-order valence-electron chi connectivity index (χ2n) is 7.91. The van der Waals surface area contributed by atoms with E-state index in [-0.39, 0.29) is 17.6 Å². The molecule has 3 rings (SSSR count). The quantitative estimate of drug-likeness (QED) is 0.792. The van der Waals surface area contributed by atoms with Gasteiger partial charge in [-0.25, -0.2) is 0 Å². The van der Waals surface area contributed by atoms with Crippen LogP contribution in [0.25, 0.3) is 0 Å². The zero-order valence-corrected chi connectivity index (χ0v) is 14.4. The standard InChI is InChI=1S/C19H32N2O2/c1-2-8-18(16-22)9-7-12-20(15-18)17(23)19(10-3-4-11-19)21-13-5-6-14-21/h2,22H,1,3-16H2/t18-/m1/s1. The van der Waals surface area contributed by atoms with Crippen LogP contribution in [0.15, 0.2) is 12.7 Å². The van der Waals surface area contributed by atoms with Crippen molar-refractivity contribution >= 4 is 5.91 Å². The normalized spacial score (nSPS) is 31.4. The number of carbonyl (C=O) groups excluding carboxylic acids is 1. The van der Waals surface area contributed by atoms with Crippen molar-refractivity contribution < 1.29 is 9.90 Å². The van der Waals surface area contributed by atoms with E-state index in [1.54, 1.807) is 0 Å². The van der Waals surface area contributed by atoms with Crippen LogP contribution >= 0.6 is 0 Å². The van der Waals surface area contributed by atoms with Crippen molar-refractivity contribution in [3.05, 3.63) is 12.7 Å². The van der Waals surface area contributed by atoms with Gasteiger partial charge in [-0.15, -0.1) is 6.58 Å².